The molecule has 2 unspecified atom stereocenters. The molecule has 0 radical (unpaired) electrons. The van der Waals surface area contributed by atoms with Crippen LogP contribution < -0.4 is 5.32 Å². The topological polar surface area (TPSA) is 12.0 Å². The van der Waals surface area contributed by atoms with E-state index in [2.05, 4.69) is 39.1 Å². The van der Waals surface area contributed by atoms with E-state index in [1.807, 2.05) is 12.1 Å². The summed E-state index contributed by atoms with van der Waals surface area (Å²) in [7, 11) is 0. The van der Waals surface area contributed by atoms with E-state index in [0.717, 1.165) is 13.0 Å². The van der Waals surface area contributed by atoms with Crippen molar-refractivity contribution in [3.05, 3.63) is 33.8 Å². The first-order valence-electron chi connectivity index (χ1n) is 6.64. The maximum atomic E-state index is 6.12. The fourth-order valence-corrected chi connectivity index (χ4v) is 2.34. The lowest BCUT2D eigenvalue weighted by Crippen LogP contribution is -2.30. The highest BCUT2D eigenvalue weighted by Gasteiger charge is 2.19. The van der Waals surface area contributed by atoms with Crippen molar-refractivity contribution in [2.75, 3.05) is 6.54 Å². The van der Waals surface area contributed by atoms with Crippen LogP contribution in [0.25, 0.3) is 0 Å². The number of nitrogens with one attached hydrogen (secondary N) is 1. The minimum atomic E-state index is 0.479. The number of hydrogen-bond acceptors (Lipinski definition) is 1. The van der Waals surface area contributed by atoms with Crippen LogP contribution in [-0.4, -0.2) is 12.6 Å². The van der Waals surface area contributed by atoms with E-state index in [0.29, 0.717) is 27.9 Å². The van der Waals surface area contributed by atoms with E-state index in [9.17, 15) is 0 Å². The van der Waals surface area contributed by atoms with E-state index in [4.69, 9.17) is 23.2 Å². The molecule has 0 bridgehead atoms. The maximum Gasteiger partial charge on any atom is 0.0595 e. The van der Waals surface area contributed by atoms with Crippen molar-refractivity contribution < 1.29 is 0 Å². The molecule has 0 spiro atoms. The van der Waals surface area contributed by atoms with Crippen molar-refractivity contribution in [3.8, 4) is 0 Å². The lowest BCUT2D eigenvalue weighted by atomic mass is 9.85. The van der Waals surface area contributed by atoms with Crippen LogP contribution in [0.15, 0.2) is 18.2 Å². The Morgan fingerprint density at radius 1 is 1.11 bits per heavy atom. The molecule has 0 aliphatic heterocycles. The Bertz CT molecular complexity index is 377. The standard InChI is InChI=1S/C15H23Cl2N/c1-5-11(4)13(9-18-10(2)3)12-6-7-14(16)15(17)8-12/h6-8,10-11,13,18H,5,9H2,1-4H3. The average Bonchev–Trinajstić information content (AvgIpc) is 2.33. The SMILES string of the molecule is CCC(C)C(CNC(C)C)c1ccc(Cl)c(Cl)c1. The minimum absolute atomic E-state index is 0.479. The molecule has 0 saturated carbocycles. The van der Waals surface area contributed by atoms with Crippen LogP contribution in [0.4, 0.5) is 0 Å². The second-order valence-corrected chi connectivity index (χ2v) is 6.04. The largest absolute Gasteiger partial charge is 0.314 e. The quantitative estimate of drug-likeness (QED) is 0.766. The van der Waals surface area contributed by atoms with Gasteiger partial charge in [-0.1, -0.05) is 63.4 Å². The summed E-state index contributed by atoms with van der Waals surface area (Å²) in [6.07, 6.45) is 1.16. The van der Waals surface area contributed by atoms with Gasteiger partial charge in [0, 0.05) is 12.6 Å². The van der Waals surface area contributed by atoms with Gasteiger partial charge in [0.1, 0.15) is 0 Å². The maximum absolute atomic E-state index is 6.12. The first-order valence-corrected chi connectivity index (χ1v) is 7.39. The third kappa shape index (κ3) is 4.46. The monoisotopic (exact) mass is 287 g/mol. The van der Waals surface area contributed by atoms with Gasteiger partial charge in [-0.15, -0.1) is 0 Å². The van der Waals surface area contributed by atoms with E-state index in [1.54, 1.807) is 0 Å². The van der Waals surface area contributed by atoms with Gasteiger partial charge in [0.05, 0.1) is 10.0 Å². The van der Waals surface area contributed by atoms with Crippen LogP contribution in [-0.2, 0) is 0 Å². The highest BCUT2D eigenvalue weighted by molar-refractivity contribution is 6.42. The van der Waals surface area contributed by atoms with Crippen LogP contribution >= 0.6 is 23.2 Å². The molecule has 1 N–H and O–H groups in total. The molecule has 0 heterocycles. The molecule has 3 heteroatoms. The molecule has 2 atom stereocenters. The number of hydrogen-bond donors (Lipinski definition) is 1. The van der Waals surface area contributed by atoms with Crippen molar-refractivity contribution >= 4 is 23.2 Å². The van der Waals surface area contributed by atoms with Gasteiger partial charge in [-0.25, -0.2) is 0 Å². The molecule has 0 aromatic heterocycles. The molecule has 0 fully saturated rings. The Balaban J connectivity index is 2.90. The fourth-order valence-electron chi connectivity index (χ4n) is 2.04. The lowest BCUT2D eigenvalue weighted by molar-refractivity contribution is 0.407. The molecule has 1 aromatic rings. The highest BCUT2D eigenvalue weighted by atomic mass is 35.5. The zero-order valence-electron chi connectivity index (χ0n) is 11.6. The van der Waals surface area contributed by atoms with Crippen molar-refractivity contribution in [2.45, 2.75) is 46.1 Å². The van der Waals surface area contributed by atoms with Crippen LogP contribution in [0.1, 0.15) is 45.6 Å². The lowest BCUT2D eigenvalue weighted by Gasteiger charge is -2.25. The predicted octanol–water partition coefficient (Wildman–Crippen LogP) is 5.12. The molecule has 0 amide bonds. The van der Waals surface area contributed by atoms with Crippen LogP contribution in [0, 0.1) is 5.92 Å². The molecule has 102 valence electrons. The van der Waals surface area contributed by atoms with Gasteiger partial charge in [-0.3, -0.25) is 0 Å². The average molecular weight is 288 g/mol. The second kappa shape index (κ2) is 7.37. The summed E-state index contributed by atoms with van der Waals surface area (Å²) in [4.78, 5) is 0. The molecule has 0 aliphatic rings. The van der Waals surface area contributed by atoms with Gasteiger partial charge in [0.2, 0.25) is 0 Å². The van der Waals surface area contributed by atoms with Gasteiger partial charge in [-0.2, -0.15) is 0 Å². The fraction of sp³-hybridized carbons (Fsp3) is 0.600. The number of benzene rings is 1. The molecule has 1 rings (SSSR count). The van der Waals surface area contributed by atoms with E-state index >= 15 is 0 Å². The van der Waals surface area contributed by atoms with Gasteiger partial charge in [-0.05, 0) is 29.5 Å². The van der Waals surface area contributed by atoms with E-state index < -0.39 is 0 Å². The summed E-state index contributed by atoms with van der Waals surface area (Å²) in [5.74, 6) is 1.10. The van der Waals surface area contributed by atoms with Crippen molar-refractivity contribution in [3.63, 3.8) is 0 Å². The Kier molecular flexibility index (Phi) is 6.48. The third-order valence-electron chi connectivity index (χ3n) is 3.45. The Labute approximate surface area is 121 Å². The first kappa shape index (κ1) is 15.8. The number of rotatable bonds is 6. The van der Waals surface area contributed by atoms with Gasteiger partial charge in [0.25, 0.3) is 0 Å². The molecule has 0 saturated heterocycles. The summed E-state index contributed by atoms with van der Waals surface area (Å²) in [5.41, 5.74) is 1.27. The summed E-state index contributed by atoms with van der Waals surface area (Å²) >= 11 is 12.1. The molecular weight excluding hydrogens is 265 g/mol. The molecule has 1 aromatic carbocycles. The molecular formula is C15H23Cl2N. The van der Waals surface area contributed by atoms with Crippen molar-refractivity contribution in [2.24, 2.45) is 5.92 Å². The third-order valence-corrected chi connectivity index (χ3v) is 4.19. The molecule has 0 aliphatic carbocycles. The van der Waals surface area contributed by atoms with Crippen LogP contribution in [0.2, 0.25) is 10.0 Å². The van der Waals surface area contributed by atoms with Crippen molar-refractivity contribution in [1.82, 2.24) is 5.32 Å². The number of halogens is 2. The van der Waals surface area contributed by atoms with E-state index in [1.165, 1.54) is 5.56 Å². The highest BCUT2D eigenvalue weighted by Crippen LogP contribution is 2.31. The smallest absolute Gasteiger partial charge is 0.0595 e. The molecule has 1 nitrogen and oxygen atoms in total. The summed E-state index contributed by atoms with van der Waals surface area (Å²) < 4.78 is 0. The Morgan fingerprint density at radius 2 is 1.78 bits per heavy atom. The van der Waals surface area contributed by atoms with Gasteiger partial charge in [0.15, 0.2) is 0 Å². The predicted molar refractivity (Wildman–Crippen MR) is 81.8 cm³/mol. The van der Waals surface area contributed by atoms with Crippen molar-refractivity contribution in [1.29, 1.82) is 0 Å². The van der Waals surface area contributed by atoms with E-state index in [-0.39, 0.29) is 0 Å². The zero-order chi connectivity index (χ0) is 13.7. The normalized spacial score (nSPS) is 14.8. The summed E-state index contributed by atoms with van der Waals surface area (Å²) in [6, 6.07) is 6.49. The Hall–Kier alpha value is -0.240. The van der Waals surface area contributed by atoms with Gasteiger partial charge >= 0.3 is 0 Å². The first-order chi connectivity index (χ1) is 8.45. The Morgan fingerprint density at radius 3 is 2.28 bits per heavy atom. The minimum Gasteiger partial charge on any atom is -0.314 e. The van der Waals surface area contributed by atoms with Gasteiger partial charge < -0.3 is 5.32 Å². The summed E-state index contributed by atoms with van der Waals surface area (Å²) in [6.45, 7) is 9.83. The second-order valence-electron chi connectivity index (χ2n) is 5.23. The zero-order valence-corrected chi connectivity index (χ0v) is 13.1. The molecule has 18 heavy (non-hydrogen) atoms. The summed E-state index contributed by atoms with van der Waals surface area (Å²) in [5, 5.41) is 4.79. The van der Waals surface area contributed by atoms with Crippen LogP contribution in [0.5, 0.6) is 0 Å². The van der Waals surface area contributed by atoms with Crippen LogP contribution in [0.3, 0.4) is 0 Å².